The highest BCUT2D eigenvalue weighted by Crippen LogP contribution is 2.20. The van der Waals surface area contributed by atoms with Gasteiger partial charge in [0, 0.05) is 6.54 Å². The van der Waals surface area contributed by atoms with E-state index >= 15 is 0 Å². The second kappa shape index (κ2) is 5.18. The van der Waals surface area contributed by atoms with E-state index in [1.54, 1.807) is 0 Å². The van der Waals surface area contributed by atoms with Gasteiger partial charge in [-0.15, -0.1) is 0 Å². The summed E-state index contributed by atoms with van der Waals surface area (Å²) in [7, 11) is 0. The van der Waals surface area contributed by atoms with Crippen LogP contribution in [0.15, 0.2) is 34.9 Å². The first-order chi connectivity index (χ1) is 8.92. The number of rotatable bonds is 4. The van der Waals surface area contributed by atoms with Crippen molar-refractivity contribution in [1.29, 1.82) is 0 Å². The van der Waals surface area contributed by atoms with Gasteiger partial charge in [-0.3, -0.25) is 0 Å². The highest BCUT2D eigenvalue weighted by molar-refractivity contribution is 5.20. The lowest BCUT2D eigenvalue weighted by atomic mass is 10.1. The van der Waals surface area contributed by atoms with Crippen molar-refractivity contribution in [1.82, 2.24) is 15.5 Å². The van der Waals surface area contributed by atoms with Crippen molar-refractivity contribution in [2.45, 2.75) is 18.9 Å². The summed E-state index contributed by atoms with van der Waals surface area (Å²) < 4.78 is 10.8. The molecule has 1 atom stereocenters. The summed E-state index contributed by atoms with van der Waals surface area (Å²) in [6.45, 7) is 2.28. The van der Waals surface area contributed by atoms with Gasteiger partial charge in [0.05, 0.1) is 5.92 Å². The van der Waals surface area contributed by atoms with E-state index in [-0.39, 0.29) is 0 Å². The quantitative estimate of drug-likeness (QED) is 0.888. The fourth-order valence-corrected chi connectivity index (χ4v) is 2.02. The standard InChI is InChI=1S/C13H15N3O2/c1-2-4-11(5-3-1)17-9-12-15-13(18-16-12)10-6-7-14-8-10/h1-5,10,14H,6-9H2. The molecule has 5 heteroatoms. The van der Waals surface area contributed by atoms with Crippen LogP contribution in [0, 0.1) is 0 Å². The van der Waals surface area contributed by atoms with Crippen LogP contribution < -0.4 is 10.1 Å². The van der Waals surface area contributed by atoms with Crippen LogP contribution >= 0.6 is 0 Å². The summed E-state index contributed by atoms with van der Waals surface area (Å²) in [6, 6.07) is 9.62. The average molecular weight is 245 g/mol. The molecule has 1 aliphatic heterocycles. The number of para-hydroxylation sites is 1. The molecule has 1 unspecified atom stereocenters. The molecule has 1 saturated heterocycles. The van der Waals surface area contributed by atoms with Crippen molar-refractivity contribution >= 4 is 0 Å². The Kier molecular flexibility index (Phi) is 3.23. The van der Waals surface area contributed by atoms with E-state index in [0.717, 1.165) is 25.3 Å². The number of hydrogen-bond acceptors (Lipinski definition) is 5. The van der Waals surface area contributed by atoms with Gasteiger partial charge in [0.25, 0.3) is 0 Å². The Labute approximate surface area is 105 Å². The van der Waals surface area contributed by atoms with Gasteiger partial charge in [-0.05, 0) is 25.1 Å². The first kappa shape index (κ1) is 11.2. The summed E-state index contributed by atoms with van der Waals surface area (Å²) in [6.07, 6.45) is 1.06. The predicted octanol–water partition coefficient (Wildman–Crippen LogP) is 1.73. The van der Waals surface area contributed by atoms with Gasteiger partial charge in [0.1, 0.15) is 5.75 Å². The van der Waals surface area contributed by atoms with E-state index in [0.29, 0.717) is 24.2 Å². The van der Waals surface area contributed by atoms with Crippen molar-refractivity contribution in [2.75, 3.05) is 13.1 Å². The van der Waals surface area contributed by atoms with Crippen LogP contribution in [0.25, 0.3) is 0 Å². The highest BCUT2D eigenvalue weighted by Gasteiger charge is 2.22. The third-order valence-corrected chi connectivity index (χ3v) is 3.00. The summed E-state index contributed by atoms with van der Waals surface area (Å²) in [4.78, 5) is 4.36. The van der Waals surface area contributed by atoms with Gasteiger partial charge in [-0.1, -0.05) is 23.4 Å². The van der Waals surface area contributed by atoms with Crippen molar-refractivity contribution in [2.24, 2.45) is 0 Å². The van der Waals surface area contributed by atoms with Crippen LogP contribution in [0.1, 0.15) is 24.1 Å². The normalized spacial score (nSPS) is 19.0. The molecule has 0 amide bonds. The predicted molar refractivity (Wildman–Crippen MR) is 65.3 cm³/mol. The largest absolute Gasteiger partial charge is 0.485 e. The SMILES string of the molecule is c1ccc(OCc2noc(C3CCNC3)n2)cc1. The van der Waals surface area contributed by atoms with Crippen LogP contribution in [-0.4, -0.2) is 23.2 Å². The Balaban J connectivity index is 1.60. The van der Waals surface area contributed by atoms with Crippen molar-refractivity contribution < 1.29 is 9.26 Å². The fourth-order valence-electron chi connectivity index (χ4n) is 2.02. The van der Waals surface area contributed by atoms with Crippen LogP contribution in [0.4, 0.5) is 0 Å². The van der Waals surface area contributed by atoms with Gasteiger partial charge in [-0.25, -0.2) is 0 Å². The second-order valence-electron chi connectivity index (χ2n) is 4.34. The Hall–Kier alpha value is -1.88. The third kappa shape index (κ3) is 2.51. The molecule has 0 spiro atoms. The summed E-state index contributed by atoms with van der Waals surface area (Å²) in [5.41, 5.74) is 0. The molecular weight excluding hydrogens is 230 g/mol. The molecule has 3 rings (SSSR count). The number of nitrogens with zero attached hydrogens (tertiary/aromatic N) is 2. The average Bonchev–Trinajstić information content (AvgIpc) is 3.08. The van der Waals surface area contributed by atoms with Gasteiger partial charge < -0.3 is 14.6 Å². The Bertz CT molecular complexity index is 492. The molecule has 2 heterocycles. The van der Waals surface area contributed by atoms with Gasteiger partial charge in [0.15, 0.2) is 6.61 Å². The van der Waals surface area contributed by atoms with Crippen molar-refractivity contribution in [3.05, 3.63) is 42.0 Å². The molecule has 5 nitrogen and oxygen atoms in total. The van der Waals surface area contributed by atoms with Gasteiger partial charge >= 0.3 is 0 Å². The number of benzene rings is 1. The lowest BCUT2D eigenvalue weighted by Gasteiger charge is -2.01. The lowest BCUT2D eigenvalue weighted by molar-refractivity contribution is 0.284. The van der Waals surface area contributed by atoms with Crippen LogP contribution in [-0.2, 0) is 6.61 Å². The maximum atomic E-state index is 5.57. The molecule has 1 aliphatic rings. The molecule has 2 aromatic rings. The number of aromatic nitrogens is 2. The van der Waals surface area contributed by atoms with Crippen molar-refractivity contribution in [3.8, 4) is 5.75 Å². The molecule has 1 aromatic carbocycles. The molecule has 94 valence electrons. The molecule has 18 heavy (non-hydrogen) atoms. The molecular formula is C13H15N3O2. The maximum absolute atomic E-state index is 5.57. The topological polar surface area (TPSA) is 60.2 Å². The molecule has 0 aliphatic carbocycles. The summed E-state index contributed by atoms with van der Waals surface area (Å²) in [5.74, 6) is 2.47. The lowest BCUT2D eigenvalue weighted by Crippen LogP contribution is -2.08. The summed E-state index contributed by atoms with van der Waals surface area (Å²) >= 11 is 0. The van der Waals surface area contributed by atoms with Crippen molar-refractivity contribution in [3.63, 3.8) is 0 Å². The molecule has 0 radical (unpaired) electrons. The highest BCUT2D eigenvalue weighted by atomic mass is 16.5. The second-order valence-corrected chi connectivity index (χ2v) is 4.34. The minimum Gasteiger partial charge on any atom is -0.485 e. The van der Waals surface area contributed by atoms with Crippen LogP contribution in [0.5, 0.6) is 5.75 Å². The molecule has 0 bridgehead atoms. The maximum Gasteiger partial charge on any atom is 0.231 e. The van der Waals surface area contributed by atoms with Crippen LogP contribution in [0.3, 0.4) is 0 Å². The van der Waals surface area contributed by atoms with E-state index in [4.69, 9.17) is 9.26 Å². The number of hydrogen-bond donors (Lipinski definition) is 1. The molecule has 1 fully saturated rings. The molecule has 1 aromatic heterocycles. The number of ether oxygens (including phenoxy) is 1. The van der Waals surface area contributed by atoms with E-state index in [1.165, 1.54) is 0 Å². The zero-order valence-electron chi connectivity index (χ0n) is 10.0. The minimum atomic E-state index is 0.341. The fraction of sp³-hybridized carbons (Fsp3) is 0.385. The smallest absolute Gasteiger partial charge is 0.231 e. The first-order valence-electron chi connectivity index (χ1n) is 6.13. The van der Waals surface area contributed by atoms with E-state index in [9.17, 15) is 0 Å². The monoisotopic (exact) mass is 245 g/mol. The van der Waals surface area contributed by atoms with E-state index in [1.807, 2.05) is 30.3 Å². The van der Waals surface area contributed by atoms with Gasteiger partial charge in [-0.2, -0.15) is 4.98 Å². The third-order valence-electron chi connectivity index (χ3n) is 3.00. The minimum absolute atomic E-state index is 0.341. The van der Waals surface area contributed by atoms with E-state index < -0.39 is 0 Å². The van der Waals surface area contributed by atoms with E-state index in [2.05, 4.69) is 15.5 Å². The Morgan fingerprint density at radius 3 is 3.00 bits per heavy atom. The molecule has 0 saturated carbocycles. The summed E-state index contributed by atoms with van der Waals surface area (Å²) in [5, 5.41) is 7.22. The Morgan fingerprint density at radius 1 is 1.33 bits per heavy atom. The first-order valence-corrected chi connectivity index (χ1v) is 6.13. The Morgan fingerprint density at radius 2 is 2.22 bits per heavy atom. The zero-order chi connectivity index (χ0) is 12.2. The molecule has 1 N–H and O–H groups in total. The number of nitrogens with one attached hydrogen (secondary N) is 1. The zero-order valence-corrected chi connectivity index (χ0v) is 10.0. The van der Waals surface area contributed by atoms with Crippen LogP contribution in [0.2, 0.25) is 0 Å². The van der Waals surface area contributed by atoms with Gasteiger partial charge in [0.2, 0.25) is 11.7 Å².